The Kier molecular flexibility index (Phi) is 4.32. The Bertz CT molecular complexity index is 589. The van der Waals surface area contributed by atoms with Gasteiger partial charge in [0.05, 0.1) is 4.90 Å². The van der Waals surface area contributed by atoms with E-state index >= 15 is 0 Å². The minimum Gasteiger partial charge on any atom is -0.480 e. The Morgan fingerprint density at radius 3 is 2.11 bits per heavy atom. The Morgan fingerprint density at radius 2 is 1.74 bits per heavy atom. The predicted octanol–water partition coefficient (Wildman–Crippen LogP) is 1.54. The number of carboxylic acid groups (broad SMARTS) is 1. The van der Waals surface area contributed by atoms with Crippen molar-refractivity contribution < 1.29 is 22.7 Å². The Morgan fingerprint density at radius 1 is 1.32 bits per heavy atom. The van der Waals surface area contributed by atoms with Crippen LogP contribution >= 0.6 is 0 Å². The normalized spacial score (nSPS) is 13.6. The van der Waals surface area contributed by atoms with Crippen molar-refractivity contribution >= 4 is 16.0 Å². The summed E-state index contributed by atoms with van der Waals surface area (Å²) in [6.45, 7) is 4.22. The monoisotopic (exact) mass is 289 g/mol. The third-order valence-electron chi connectivity index (χ3n) is 2.96. The molecule has 1 N–H and O–H groups in total. The maximum absolute atomic E-state index is 13.2. The van der Waals surface area contributed by atoms with E-state index in [1.165, 1.54) is 27.8 Å². The summed E-state index contributed by atoms with van der Waals surface area (Å²) < 4.78 is 38.7. The first-order valence-electron chi connectivity index (χ1n) is 5.56. The molecule has 19 heavy (non-hydrogen) atoms. The number of carbonyl (C=O) groups is 1. The Balaban J connectivity index is 3.40. The number of halogens is 1. The summed E-state index contributed by atoms with van der Waals surface area (Å²) in [6, 6.07) is 1.02. The zero-order chi connectivity index (χ0) is 15.0. The van der Waals surface area contributed by atoms with Gasteiger partial charge in [-0.1, -0.05) is 0 Å². The Hall–Kier alpha value is -1.47. The second-order valence-electron chi connectivity index (χ2n) is 4.40. The van der Waals surface area contributed by atoms with Gasteiger partial charge in [0.2, 0.25) is 10.0 Å². The largest absolute Gasteiger partial charge is 0.480 e. The van der Waals surface area contributed by atoms with Crippen molar-refractivity contribution in [2.45, 2.75) is 31.7 Å². The van der Waals surface area contributed by atoms with Gasteiger partial charge in [-0.2, -0.15) is 4.31 Å². The molecule has 0 aliphatic carbocycles. The van der Waals surface area contributed by atoms with Crippen molar-refractivity contribution in [1.29, 1.82) is 0 Å². The van der Waals surface area contributed by atoms with Gasteiger partial charge in [0, 0.05) is 7.05 Å². The average molecular weight is 289 g/mol. The van der Waals surface area contributed by atoms with Crippen molar-refractivity contribution in [2.75, 3.05) is 7.05 Å². The number of benzene rings is 1. The maximum atomic E-state index is 13.2. The molecule has 0 bridgehead atoms. The van der Waals surface area contributed by atoms with Crippen LogP contribution in [-0.2, 0) is 14.8 Å². The fraction of sp³-hybridized carbons (Fsp3) is 0.417. The predicted molar refractivity (Wildman–Crippen MR) is 67.9 cm³/mol. The quantitative estimate of drug-likeness (QED) is 0.912. The molecule has 0 aliphatic rings. The summed E-state index contributed by atoms with van der Waals surface area (Å²) >= 11 is 0. The number of sulfonamides is 1. The molecule has 0 aromatic heterocycles. The van der Waals surface area contributed by atoms with E-state index in [-0.39, 0.29) is 16.0 Å². The molecule has 0 amide bonds. The molecule has 1 rings (SSSR count). The lowest BCUT2D eigenvalue weighted by Gasteiger charge is -2.23. The van der Waals surface area contributed by atoms with E-state index in [9.17, 15) is 17.6 Å². The van der Waals surface area contributed by atoms with Crippen LogP contribution in [0.3, 0.4) is 0 Å². The molecule has 0 fully saturated rings. The minimum absolute atomic E-state index is 0.0514. The number of hydrogen-bond donors (Lipinski definition) is 1. The molecule has 0 aliphatic heterocycles. The highest BCUT2D eigenvalue weighted by Crippen LogP contribution is 2.25. The van der Waals surface area contributed by atoms with Crippen molar-refractivity contribution in [1.82, 2.24) is 4.31 Å². The molecule has 106 valence electrons. The maximum Gasteiger partial charge on any atom is 0.321 e. The second-order valence-corrected chi connectivity index (χ2v) is 6.34. The fourth-order valence-electron chi connectivity index (χ4n) is 1.81. The van der Waals surface area contributed by atoms with E-state index in [4.69, 9.17) is 5.11 Å². The zero-order valence-corrected chi connectivity index (χ0v) is 12.0. The summed E-state index contributed by atoms with van der Waals surface area (Å²) in [6.07, 6.45) is 0. The van der Waals surface area contributed by atoms with Crippen LogP contribution in [0.5, 0.6) is 0 Å². The lowest BCUT2D eigenvalue weighted by molar-refractivity contribution is -0.140. The summed E-state index contributed by atoms with van der Waals surface area (Å²) in [5.74, 6) is -1.77. The summed E-state index contributed by atoms with van der Waals surface area (Å²) in [4.78, 5) is 10.8. The highest BCUT2D eigenvalue weighted by molar-refractivity contribution is 7.89. The third-order valence-corrected chi connectivity index (χ3v) is 5.20. The van der Waals surface area contributed by atoms with Gasteiger partial charge in [0.15, 0.2) is 0 Å². The lowest BCUT2D eigenvalue weighted by atomic mass is 10.1. The average Bonchev–Trinajstić information content (AvgIpc) is 2.24. The van der Waals surface area contributed by atoms with Crippen LogP contribution in [-0.4, -0.2) is 36.9 Å². The fourth-order valence-corrected chi connectivity index (χ4v) is 3.54. The van der Waals surface area contributed by atoms with Gasteiger partial charge in [-0.25, -0.2) is 12.8 Å². The molecule has 7 heteroatoms. The zero-order valence-electron chi connectivity index (χ0n) is 11.1. The van der Waals surface area contributed by atoms with Crippen LogP contribution in [0, 0.1) is 19.7 Å². The van der Waals surface area contributed by atoms with Crippen molar-refractivity contribution in [3.63, 3.8) is 0 Å². The van der Waals surface area contributed by atoms with Gasteiger partial charge < -0.3 is 5.11 Å². The summed E-state index contributed by atoms with van der Waals surface area (Å²) in [5, 5.41) is 8.88. The molecular weight excluding hydrogens is 273 g/mol. The lowest BCUT2D eigenvalue weighted by Crippen LogP contribution is -2.40. The second kappa shape index (κ2) is 5.26. The van der Waals surface area contributed by atoms with E-state index < -0.39 is 27.9 Å². The van der Waals surface area contributed by atoms with Gasteiger partial charge in [0.25, 0.3) is 0 Å². The smallest absolute Gasteiger partial charge is 0.321 e. The van der Waals surface area contributed by atoms with Crippen LogP contribution in [0.2, 0.25) is 0 Å². The van der Waals surface area contributed by atoms with Gasteiger partial charge in [-0.15, -0.1) is 0 Å². The van der Waals surface area contributed by atoms with Crippen LogP contribution < -0.4 is 0 Å². The molecule has 1 atom stereocenters. The van der Waals surface area contributed by atoms with Gasteiger partial charge in [-0.05, 0) is 44.0 Å². The Labute approximate surface area is 111 Å². The van der Waals surface area contributed by atoms with E-state index in [2.05, 4.69) is 0 Å². The first-order chi connectivity index (χ1) is 8.59. The molecule has 1 aromatic carbocycles. The van der Waals surface area contributed by atoms with E-state index in [0.29, 0.717) is 0 Å². The first-order valence-corrected chi connectivity index (χ1v) is 7.00. The molecule has 0 spiro atoms. The third kappa shape index (κ3) is 2.93. The highest BCUT2D eigenvalue weighted by atomic mass is 32.2. The van der Waals surface area contributed by atoms with E-state index in [1.807, 2.05) is 0 Å². The first kappa shape index (κ1) is 15.6. The van der Waals surface area contributed by atoms with Crippen LogP contribution in [0.4, 0.5) is 4.39 Å². The number of rotatable bonds is 4. The summed E-state index contributed by atoms with van der Waals surface area (Å²) in [5.41, 5.74) is 0.504. The molecule has 1 aromatic rings. The molecular formula is C12H16FNO4S. The highest BCUT2D eigenvalue weighted by Gasteiger charge is 2.31. The number of carboxylic acids is 1. The van der Waals surface area contributed by atoms with Crippen molar-refractivity contribution in [3.05, 3.63) is 29.1 Å². The van der Waals surface area contributed by atoms with E-state index in [0.717, 1.165) is 16.4 Å². The molecule has 5 nitrogen and oxygen atoms in total. The SMILES string of the molecule is Cc1cc(F)cc(C)c1S(=O)(=O)N(C)C(C)C(=O)O. The molecule has 0 radical (unpaired) electrons. The van der Waals surface area contributed by atoms with Crippen LogP contribution in [0.1, 0.15) is 18.1 Å². The van der Waals surface area contributed by atoms with Gasteiger partial charge in [0.1, 0.15) is 11.9 Å². The number of nitrogens with zero attached hydrogens (tertiary/aromatic N) is 1. The minimum atomic E-state index is -3.98. The number of aryl methyl sites for hydroxylation is 2. The van der Waals surface area contributed by atoms with Crippen LogP contribution in [0.25, 0.3) is 0 Å². The molecule has 0 saturated heterocycles. The number of hydrogen-bond acceptors (Lipinski definition) is 3. The van der Waals surface area contributed by atoms with E-state index in [1.54, 1.807) is 0 Å². The van der Waals surface area contributed by atoms with Crippen molar-refractivity contribution in [2.24, 2.45) is 0 Å². The standard InChI is InChI=1S/C12H16FNO4S/c1-7-5-10(13)6-8(2)11(7)19(17,18)14(4)9(3)12(15)16/h5-6,9H,1-4H3,(H,15,16). The van der Waals surface area contributed by atoms with Gasteiger partial charge >= 0.3 is 5.97 Å². The topological polar surface area (TPSA) is 74.7 Å². The van der Waals surface area contributed by atoms with Crippen molar-refractivity contribution in [3.8, 4) is 0 Å². The van der Waals surface area contributed by atoms with Crippen LogP contribution in [0.15, 0.2) is 17.0 Å². The molecule has 0 heterocycles. The number of aliphatic carboxylic acids is 1. The van der Waals surface area contributed by atoms with Gasteiger partial charge in [-0.3, -0.25) is 4.79 Å². The summed E-state index contributed by atoms with van der Waals surface area (Å²) in [7, 11) is -2.78. The number of likely N-dealkylation sites (N-methyl/N-ethyl adjacent to an activating group) is 1. The molecule has 0 saturated carbocycles. The molecule has 1 unspecified atom stereocenters.